The Morgan fingerprint density at radius 1 is 1.00 bits per heavy atom. The topological polar surface area (TPSA) is 52.6 Å². The molecule has 1 aliphatic rings. The SMILES string of the molecule is CC(C)COC(=O)c1ccc(C(=O)OC(C)C2CCCC2)cc1. The Morgan fingerprint density at radius 2 is 1.52 bits per heavy atom. The first-order valence-electron chi connectivity index (χ1n) is 8.45. The predicted octanol–water partition coefficient (Wildman–Crippen LogP) is 4.23. The van der Waals surface area contributed by atoms with Crippen LogP contribution in [0.25, 0.3) is 0 Å². The van der Waals surface area contributed by atoms with Gasteiger partial charge in [-0.15, -0.1) is 0 Å². The zero-order valence-electron chi connectivity index (χ0n) is 14.2. The Kier molecular flexibility index (Phi) is 6.20. The normalized spacial score (nSPS) is 16.3. The van der Waals surface area contributed by atoms with E-state index in [-0.39, 0.29) is 18.0 Å². The first kappa shape index (κ1) is 17.5. The quantitative estimate of drug-likeness (QED) is 0.736. The zero-order valence-corrected chi connectivity index (χ0v) is 14.2. The van der Waals surface area contributed by atoms with Crippen molar-refractivity contribution in [3.63, 3.8) is 0 Å². The number of ether oxygens (including phenoxy) is 2. The van der Waals surface area contributed by atoms with Crippen LogP contribution in [0.4, 0.5) is 0 Å². The van der Waals surface area contributed by atoms with Crippen LogP contribution in [0.3, 0.4) is 0 Å². The number of hydrogen-bond acceptors (Lipinski definition) is 4. The molecule has 2 rings (SSSR count). The molecule has 0 spiro atoms. The van der Waals surface area contributed by atoms with Crippen molar-refractivity contribution in [1.82, 2.24) is 0 Å². The number of esters is 2. The highest BCUT2D eigenvalue weighted by Gasteiger charge is 2.24. The van der Waals surface area contributed by atoms with Gasteiger partial charge < -0.3 is 9.47 Å². The number of benzene rings is 1. The lowest BCUT2D eigenvalue weighted by Gasteiger charge is -2.19. The van der Waals surface area contributed by atoms with Gasteiger partial charge >= 0.3 is 11.9 Å². The van der Waals surface area contributed by atoms with E-state index in [2.05, 4.69) is 0 Å². The molecular weight excluding hydrogens is 292 g/mol. The van der Waals surface area contributed by atoms with Gasteiger partial charge in [-0.3, -0.25) is 0 Å². The molecule has 0 radical (unpaired) electrons. The maximum absolute atomic E-state index is 12.2. The summed E-state index contributed by atoms with van der Waals surface area (Å²) in [5, 5.41) is 0. The largest absolute Gasteiger partial charge is 0.462 e. The minimum absolute atomic E-state index is 0.0549. The van der Waals surface area contributed by atoms with Crippen LogP contribution in [0.2, 0.25) is 0 Å². The van der Waals surface area contributed by atoms with Crippen LogP contribution in [0.15, 0.2) is 24.3 Å². The molecule has 23 heavy (non-hydrogen) atoms. The molecule has 1 saturated carbocycles. The summed E-state index contributed by atoms with van der Waals surface area (Å²) in [6.45, 7) is 6.32. The molecule has 1 aliphatic carbocycles. The van der Waals surface area contributed by atoms with E-state index in [9.17, 15) is 9.59 Å². The molecule has 0 N–H and O–H groups in total. The molecule has 1 unspecified atom stereocenters. The van der Waals surface area contributed by atoms with Crippen molar-refractivity contribution in [2.45, 2.75) is 52.6 Å². The van der Waals surface area contributed by atoms with Gasteiger partial charge in [0.2, 0.25) is 0 Å². The van der Waals surface area contributed by atoms with Crippen LogP contribution in [0.1, 0.15) is 67.2 Å². The summed E-state index contributed by atoms with van der Waals surface area (Å²) in [5.74, 6) is 0.0824. The lowest BCUT2D eigenvalue weighted by atomic mass is 10.0. The molecular formula is C19H26O4. The van der Waals surface area contributed by atoms with Gasteiger partial charge in [-0.1, -0.05) is 26.7 Å². The molecule has 1 atom stereocenters. The van der Waals surface area contributed by atoms with E-state index in [0.717, 1.165) is 12.8 Å². The smallest absolute Gasteiger partial charge is 0.338 e. The number of hydrogen-bond donors (Lipinski definition) is 0. The van der Waals surface area contributed by atoms with Crippen LogP contribution in [-0.4, -0.2) is 24.6 Å². The van der Waals surface area contributed by atoms with Gasteiger partial charge in [0.15, 0.2) is 0 Å². The third-order valence-corrected chi connectivity index (χ3v) is 4.26. The Hall–Kier alpha value is -1.84. The van der Waals surface area contributed by atoms with E-state index in [1.165, 1.54) is 12.8 Å². The minimum Gasteiger partial charge on any atom is -0.462 e. The molecule has 0 aromatic heterocycles. The highest BCUT2D eigenvalue weighted by atomic mass is 16.5. The van der Waals surface area contributed by atoms with Gasteiger partial charge in [0.1, 0.15) is 6.10 Å². The van der Waals surface area contributed by atoms with Crippen LogP contribution < -0.4 is 0 Å². The Bertz CT molecular complexity index is 527. The third-order valence-electron chi connectivity index (χ3n) is 4.26. The van der Waals surface area contributed by atoms with Gasteiger partial charge in [-0.05, 0) is 55.9 Å². The monoisotopic (exact) mass is 318 g/mol. The van der Waals surface area contributed by atoms with Crippen LogP contribution in [0, 0.1) is 11.8 Å². The Labute approximate surface area is 138 Å². The summed E-state index contributed by atoms with van der Waals surface area (Å²) in [5.41, 5.74) is 0.918. The fraction of sp³-hybridized carbons (Fsp3) is 0.579. The summed E-state index contributed by atoms with van der Waals surface area (Å²) >= 11 is 0. The standard InChI is InChI=1S/C19H26O4/c1-13(2)12-22-18(20)16-8-10-17(11-9-16)19(21)23-14(3)15-6-4-5-7-15/h8-11,13-15H,4-7,12H2,1-3H3. The van der Waals surface area contributed by atoms with Crippen molar-refractivity contribution in [3.8, 4) is 0 Å². The van der Waals surface area contributed by atoms with Crippen LogP contribution >= 0.6 is 0 Å². The Morgan fingerprint density at radius 3 is 2.04 bits per heavy atom. The number of carbonyl (C=O) groups is 2. The highest BCUT2D eigenvalue weighted by Crippen LogP contribution is 2.29. The fourth-order valence-corrected chi connectivity index (χ4v) is 2.83. The van der Waals surface area contributed by atoms with Crippen molar-refractivity contribution in [3.05, 3.63) is 35.4 Å². The van der Waals surface area contributed by atoms with Crippen molar-refractivity contribution in [1.29, 1.82) is 0 Å². The molecule has 0 heterocycles. The summed E-state index contributed by atoms with van der Waals surface area (Å²) in [7, 11) is 0. The van der Waals surface area contributed by atoms with Crippen molar-refractivity contribution in [2.24, 2.45) is 11.8 Å². The fourth-order valence-electron chi connectivity index (χ4n) is 2.83. The second-order valence-electron chi connectivity index (χ2n) is 6.72. The molecule has 4 heteroatoms. The Balaban J connectivity index is 1.90. The van der Waals surface area contributed by atoms with Crippen LogP contribution in [-0.2, 0) is 9.47 Å². The summed E-state index contributed by atoms with van der Waals surface area (Å²) < 4.78 is 10.7. The molecule has 0 amide bonds. The molecule has 4 nitrogen and oxygen atoms in total. The molecule has 126 valence electrons. The lowest BCUT2D eigenvalue weighted by molar-refractivity contribution is 0.0203. The van der Waals surface area contributed by atoms with E-state index in [4.69, 9.17) is 9.47 Å². The van der Waals surface area contributed by atoms with Gasteiger partial charge in [0.25, 0.3) is 0 Å². The van der Waals surface area contributed by atoms with E-state index >= 15 is 0 Å². The van der Waals surface area contributed by atoms with E-state index in [0.29, 0.717) is 29.6 Å². The first-order chi connectivity index (χ1) is 11.0. The van der Waals surface area contributed by atoms with Gasteiger partial charge in [-0.2, -0.15) is 0 Å². The summed E-state index contributed by atoms with van der Waals surface area (Å²) in [6.07, 6.45) is 4.66. The number of carbonyl (C=O) groups excluding carboxylic acids is 2. The number of rotatable bonds is 6. The summed E-state index contributed by atoms with van der Waals surface area (Å²) in [6, 6.07) is 6.46. The van der Waals surface area contributed by atoms with E-state index in [1.54, 1.807) is 24.3 Å². The van der Waals surface area contributed by atoms with Gasteiger partial charge in [-0.25, -0.2) is 9.59 Å². The maximum Gasteiger partial charge on any atom is 0.338 e. The first-order valence-corrected chi connectivity index (χ1v) is 8.45. The molecule has 0 saturated heterocycles. The van der Waals surface area contributed by atoms with E-state index < -0.39 is 0 Å². The molecule has 1 aromatic carbocycles. The lowest BCUT2D eigenvalue weighted by Crippen LogP contribution is -2.22. The van der Waals surface area contributed by atoms with Gasteiger partial charge in [0, 0.05) is 0 Å². The molecule has 0 aliphatic heterocycles. The van der Waals surface area contributed by atoms with Crippen molar-refractivity contribution >= 4 is 11.9 Å². The molecule has 0 bridgehead atoms. The maximum atomic E-state index is 12.2. The molecule has 1 aromatic rings. The van der Waals surface area contributed by atoms with E-state index in [1.807, 2.05) is 20.8 Å². The molecule has 1 fully saturated rings. The third kappa shape index (κ3) is 5.08. The van der Waals surface area contributed by atoms with Crippen molar-refractivity contribution in [2.75, 3.05) is 6.61 Å². The second kappa shape index (κ2) is 8.14. The predicted molar refractivity (Wildman–Crippen MR) is 88.4 cm³/mol. The van der Waals surface area contributed by atoms with Crippen LogP contribution in [0.5, 0.6) is 0 Å². The summed E-state index contributed by atoms with van der Waals surface area (Å²) in [4.78, 5) is 24.0. The highest BCUT2D eigenvalue weighted by molar-refractivity contribution is 5.93. The zero-order chi connectivity index (χ0) is 16.8. The average molecular weight is 318 g/mol. The van der Waals surface area contributed by atoms with Crippen molar-refractivity contribution < 1.29 is 19.1 Å². The minimum atomic E-state index is -0.363. The average Bonchev–Trinajstić information content (AvgIpc) is 3.07. The van der Waals surface area contributed by atoms with Gasteiger partial charge in [0.05, 0.1) is 17.7 Å². The second-order valence-corrected chi connectivity index (χ2v) is 6.72.